The Balaban J connectivity index is 1.50. The van der Waals surface area contributed by atoms with Gasteiger partial charge in [-0.2, -0.15) is 0 Å². The molecule has 0 aromatic heterocycles. The van der Waals surface area contributed by atoms with E-state index in [1.165, 1.54) is 4.90 Å². The van der Waals surface area contributed by atoms with E-state index in [0.29, 0.717) is 35.0 Å². The van der Waals surface area contributed by atoms with Crippen LogP contribution in [-0.4, -0.2) is 29.2 Å². The molecular weight excluding hydrogens is 363 g/mol. The number of carbonyl (C=O) groups excluding carboxylic acids is 3. The Morgan fingerprint density at radius 2 is 1.60 bits per heavy atom. The van der Waals surface area contributed by atoms with Crippen LogP contribution < -0.4 is 5.32 Å². The Morgan fingerprint density at radius 3 is 2.16 bits per heavy atom. The van der Waals surface area contributed by atoms with Crippen LogP contribution in [0, 0.1) is 11.8 Å². The lowest BCUT2D eigenvalue weighted by molar-refractivity contribution is -0.140. The van der Waals surface area contributed by atoms with Gasteiger partial charge in [-0.25, -0.2) is 0 Å². The van der Waals surface area contributed by atoms with Crippen molar-refractivity contribution in [3.8, 4) is 0 Å². The van der Waals surface area contributed by atoms with E-state index >= 15 is 0 Å². The molecule has 1 heterocycles. The van der Waals surface area contributed by atoms with Crippen LogP contribution in [0.3, 0.4) is 0 Å². The Labute approximate surface area is 156 Å². The van der Waals surface area contributed by atoms with E-state index in [2.05, 4.69) is 5.32 Å². The predicted octanol–water partition coefficient (Wildman–Crippen LogP) is 3.66. The molecule has 0 spiro atoms. The molecule has 1 aliphatic heterocycles. The minimum absolute atomic E-state index is 0.110. The Bertz CT molecular complexity index is 702. The van der Waals surface area contributed by atoms with Gasteiger partial charge in [0.15, 0.2) is 0 Å². The molecular formula is C18H18Cl2N2O3. The standard InChI is InChI=1S/C18H18Cl2N2O3/c19-11-8-12(20)10-13(9-11)21-16(23)6-3-7-22-17(24)14-4-1-2-5-15(14)18(22)25/h1-2,8-10,14-15H,3-7H2,(H,21,23)/t14-,15+. The minimum atomic E-state index is -0.222. The van der Waals surface area contributed by atoms with E-state index in [4.69, 9.17) is 23.2 Å². The lowest BCUT2D eigenvalue weighted by atomic mass is 9.85. The number of hydrogen-bond donors (Lipinski definition) is 1. The van der Waals surface area contributed by atoms with Crippen molar-refractivity contribution in [1.82, 2.24) is 4.90 Å². The number of rotatable bonds is 5. The molecule has 3 amide bonds. The van der Waals surface area contributed by atoms with Crippen LogP contribution in [0.15, 0.2) is 30.4 Å². The number of likely N-dealkylation sites (tertiary alicyclic amines) is 1. The molecule has 132 valence electrons. The van der Waals surface area contributed by atoms with Crippen LogP contribution in [-0.2, 0) is 14.4 Å². The normalized spacial score (nSPS) is 22.2. The number of allylic oxidation sites excluding steroid dienone is 2. The van der Waals surface area contributed by atoms with Gasteiger partial charge in [-0.15, -0.1) is 0 Å². The lowest BCUT2D eigenvalue weighted by Crippen LogP contribution is -2.32. The van der Waals surface area contributed by atoms with Crippen molar-refractivity contribution in [2.24, 2.45) is 11.8 Å². The first-order chi connectivity index (χ1) is 12.0. The average molecular weight is 381 g/mol. The topological polar surface area (TPSA) is 66.5 Å². The van der Waals surface area contributed by atoms with Crippen LogP contribution in [0.25, 0.3) is 0 Å². The number of amides is 3. The smallest absolute Gasteiger partial charge is 0.233 e. The van der Waals surface area contributed by atoms with Gasteiger partial charge in [0.25, 0.3) is 0 Å². The van der Waals surface area contributed by atoms with Gasteiger partial charge in [-0.05, 0) is 37.5 Å². The van der Waals surface area contributed by atoms with Gasteiger partial charge in [0.1, 0.15) is 0 Å². The zero-order chi connectivity index (χ0) is 18.0. The van der Waals surface area contributed by atoms with Gasteiger partial charge >= 0.3 is 0 Å². The molecule has 1 saturated heterocycles. The summed E-state index contributed by atoms with van der Waals surface area (Å²) in [7, 11) is 0. The Morgan fingerprint density at radius 1 is 1.04 bits per heavy atom. The number of benzene rings is 1. The highest BCUT2D eigenvalue weighted by atomic mass is 35.5. The Hall–Kier alpha value is -1.85. The van der Waals surface area contributed by atoms with Crippen molar-refractivity contribution in [2.45, 2.75) is 25.7 Å². The molecule has 2 atom stereocenters. The zero-order valence-corrected chi connectivity index (χ0v) is 15.0. The van der Waals surface area contributed by atoms with Crippen LogP contribution in [0.2, 0.25) is 10.0 Å². The van der Waals surface area contributed by atoms with Gasteiger partial charge in [0.2, 0.25) is 17.7 Å². The van der Waals surface area contributed by atoms with Crippen molar-refractivity contribution >= 4 is 46.6 Å². The third kappa shape index (κ3) is 4.05. The molecule has 1 N–H and O–H groups in total. The quantitative estimate of drug-likeness (QED) is 0.625. The second-order valence-electron chi connectivity index (χ2n) is 6.29. The average Bonchev–Trinajstić information content (AvgIpc) is 2.79. The van der Waals surface area contributed by atoms with Gasteiger partial charge in [-0.3, -0.25) is 19.3 Å². The monoisotopic (exact) mass is 380 g/mol. The summed E-state index contributed by atoms with van der Waals surface area (Å²) in [5.74, 6) is -0.876. The number of carbonyl (C=O) groups is 3. The molecule has 25 heavy (non-hydrogen) atoms. The molecule has 0 saturated carbocycles. The SMILES string of the molecule is O=C(CCCN1C(=O)[C@H]2CC=CC[C@H]2C1=O)Nc1cc(Cl)cc(Cl)c1. The molecule has 3 rings (SSSR count). The van der Waals surface area contributed by atoms with Gasteiger partial charge in [0.05, 0.1) is 11.8 Å². The molecule has 1 aromatic rings. The van der Waals surface area contributed by atoms with Crippen molar-refractivity contribution in [3.05, 3.63) is 40.4 Å². The number of nitrogens with zero attached hydrogens (tertiary/aromatic N) is 1. The summed E-state index contributed by atoms with van der Waals surface area (Å²) in [6.07, 6.45) is 5.79. The van der Waals surface area contributed by atoms with Crippen molar-refractivity contribution < 1.29 is 14.4 Å². The van der Waals surface area contributed by atoms with E-state index in [1.54, 1.807) is 18.2 Å². The molecule has 0 bridgehead atoms. The highest BCUT2D eigenvalue weighted by Gasteiger charge is 2.46. The third-order valence-corrected chi connectivity index (χ3v) is 4.97. The van der Waals surface area contributed by atoms with Crippen molar-refractivity contribution in [2.75, 3.05) is 11.9 Å². The number of hydrogen-bond acceptors (Lipinski definition) is 3. The number of imide groups is 1. The maximum Gasteiger partial charge on any atom is 0.233 e. The van der Waals surface area contributed by atoms with E-state index < -0.39 is 0 Å². The molecule has 1 fully saturated rings. The lowest BCUT2D eigenvalue weighted by Gasteiger charge is -2.14. The van der Waals surface area contributed by atoms with Crippen LogP contribution in [0.1, 0.15) is 25.7 Å². The zero-order valence-electron chi connectivity index (χ0n) is 13.5. The molecule has 1 aliphatic carbocycles. The molecule has 1 aromatic carbocycles. The number of fused-ring (bicyclic) bond motifs is 1. The van der Waals surface area contributed by atoms with Crippen LogP contribution in [0.4, 0.5) is 5.69 Å². The fraction of sp³-hybridized carbons (Fsp3) is 0.389. The minimum Gasteiger partial charge on any atom is -0.326 e. The number of anilines is 1. The summed E-state index contributed by atoms with van der Waals surface area (Å²) in [4.78, 5) is 38.0. The maximum atomic E-state index is 12.3. The molecule has 5 nitrogen and oxygen atoms in total. The van der Waals surface area contributed by atoms with E-state index in [1.807, 2.05) is 12.2 Å². The largest absolute Gasteiger partial charge is 0.326 e. The second-order valence-corrected chi connectivity index (χ2v) is 7.17. The molecule has 0 radical (unpaired) electrons. The summed E-state index contributed by atoms with van der Waals surface area (Å²) in [6.45, 7) is 0.272. The summed E-state index contributed by atoms with van der Waals surface area (Å²) in [5.41, 5.74) is 0.521. The fourth-order valence-electron chi connectivity index (χ4n) is 3.34. The van der Waals surface area contributed by atoms with Gasteiger partial charge in [-0.1, -0.05) is 35.4 Å². The van der Waals surface area contributed by atoms with E-state index in [-0.39, 0.29) is 42.5 Å². The van der Waals surface area contributed by atoms with Crippen molar-refractivity contribution in [1.29, 1.82) is 0 Å². The first kappa shape index (κ1) is 18.0. The van der Waals surface area contributed by atoms with E-state index in [9.17, 15) is 14.4 Å². The summed E-state index contributed by atoms with van der Waals surface area (Å²) in [5, 5.41) is 3.59. The second kappa shape index (κ2) is 7.58. The summed E-state index contributed by atoms with van der Waals surface area (Å²) in [6, 6.07) is 4.80. The summed E-state index contributed by atoms with van der Waals surface area (Å²) >= 11 is 11.8. The van der Waals surface area contributed by atoms with Crippen molar-refractivity contribution in [3.63, 3.8) is 0 Å². The first-order valence-corrected chi connectivity index (χ1v) is 8.97. The highest BCUT2D eigenvalue weighted by molar-refractivity contribution is 6.35. The Kier molecular flexibility index (Phi) is 5.45. The number of nitrogens with one attached hydrogen (secondary N) is 1. The van der Waals surface area contributed by atoms with Gasteiger partial charge < -0.3 is 5.32 Å². The van der Waals surface area contributed by atoms with E-state index in [0.717, 1.165) is 0 Å². The first-order valence-electron chi connectivity index (χ1n) is 8.22. The number of halogens is 2. The fourth-order valence-corrected chi connectivity index (χ4v) is 3.86. The predicted molar refractivity (Wildman–Crippen MR) is 96.4 cm³/mol. The van der Waals surface area contributed by atoms with Gasteiger partial charge in [0, 0.05) is 28.7 Å². The summed E-state index contributed by atoms with van der Waals surface area (Å²) < 4.78 is 0. The third-order valence-electron chi connectivity index (χ3n) is 4.53. The van der Waals surface area contributed by atoms with Crippen LogP contribution in [0.5, 0.6) is 0 Å². The van der Waals surface area contributed by atoms with Crippen LogP contribution >= 0.6 is 23.2 Å². The molecule has 7 heteroatoms. The highest BCUT2D eigenvalue weighted by Crippen LogP contribution is 2.35. The molecule has 0 unspecified atom stereocenters. The molecule has 2 aliphatic rings. The maximum absolute atomic E-state index is 12.3.